The average molecular weight is 232 g/mol. The van der Waals surface area contributed by atoms with Crippen LogP contribution >= 0.6 is 15.9 Å². The third-order valence-corrected chi connectivity index (χ3v) is 2.44. The molecule has 0 aromatic carbocycles. The van der Waals surface area contributed by atoms with Gasteiger partial charge < -0.3 is 10.2 Å². The van der Waals surface area contributed by atoms with Crippen LogP contribution in [0, 0.1) is 0 Å². The van der Waals surface area contributed by atoms with Crippen LogP contribution < -0.4 is 5.73 Å². The van der Waals surface area contributed by atoms with E-state index in [0.717, 1.165) is 16.9 Å². The van der Waals surface area contributed by atoms with Gasteiger partial charge in [-0.3, -0.25) is 0 Å². The lowest BCUT2D eigenvalue weighted by Crippen LogP contribution is -2.20. The second-order valence-electron chi connectivity index (χ2n) is 3.53. The van der Waals surface area contributed by atoms with Gasteiger partial charge in [-0.05, 0) is 41.0 Å². The van der Waals surface area contributed by atoms with Gasteiger partial charge in [0, 0.05) is 5.41 Å². The van der Waals surface area contributed by atoms with Crippen LogP contribution in [-0.4, -0.2) is 6.54 Å². The van der Waals surface area contributed by atoms with E-state index in [-0.39, 0.29) is 5.41 Å². The molecule has 1 rings (SSSR count). The third kappa shape index (κ3) is 2.11. The fourth-order valence-corrected chi connectivity index (χ4v) is 1.47. The van der Waals surface area contributed by atoms with Crippen LogP contribution in [0.15, 0.2) is 21.2 Å². The fraction of sp³-hybridized carbons (Fsp3) is 0.556. The zero-order chi connectivity index (χ0) is 9.19. The minimum absolute atomic E-state index is 0.0424. The molecule has 0 saturated carbocycles. The summed E-state index contributed by atoms with van der Waals surface area (Å²) in [5.74, 6) is 0.986. The Morgan fingerprint density at radius 2 is 2.17 bits per heavy atom. The Morgan fingerprint density at radius 1 is 1.50 bits per heavy atom. The van der Waals surface area contributed by atoms with E-state index in [1.165, 1.54) is 0 Å². The number of rotatable bonds is 3. The van der Waals surface area contributed by atoms with E-state index in [4.69, 9.17) is 10.2 Å². The first-order chi connectivity index (χ1) is 5.56. The van der Waals surface area contributed by atoms with Crippen molar-refractivity contribution in [1.82, 2.24) is 0 Å². The summed E-state index contributed by atoms with van der Waals surface area (Å²) < 4.78 is 6.24. The predicted octanol–water partition coefficient (Wildman–Crippen LogP) is 2.67. The zero-order valence-corrected chi connectivity index (χ0v) is 9.02. The summed E-state index contributed by atoms with van der Waals surface area (Å²) in [5, 5.41) is 0. The molecule has 0 aliphatic carbocycles. The normalized spacial score (nSPS) is 12.0. The van der Waals surface area contributed by atoms with Crippen LogP contribution in [-0.2, 0) is 5.41 Å². The van der Waals surface area contributed by atoms with Crippen LogP contribution in [0.1, 0.15) is 26.0 Å². The number of hydrogen-bond acceptors (Lipinski definition) is 2. The maximum atomic E-state index is 5.51. The van der Waals surface area contributed by atoms with Gasteiger partial charge in [-0.15, -0.1) is 0 Å². The largest absolute Gasteiger partial charge is 0.454 e. The van der Waals surface area contributed by atoms with Crippen molar-refractivity contribution in [3.63, 3.8) is 0 Å². The van der Waals surface area contributed by atoms with E-state index in [9.17, 15) is 0 Å². The Bertz CT molecular complexity index is 255. The molecule has 0 spiro atoms. The summed E-state index contributed by atoms with van der Waals surface area (Å²) in [4.78, 5) is 0. The lowest BCUT2D eigenvalue weighted by molar-refractivity contribution is 0.359. The first kappa shape index (κ1) is 9.81. The van der Waals surface area contributed by atoms with E-state index in [1.807, 2.05) is 12.1 Å². The highest BCUT2D eigenvalue weighted by atomic mass is 79.9. The van der Waals surface area contributed by atoms with Crippen LogP contribution in [0.25, 0.3) is 0 Å². The lowest BCUT2D eigenvalue weighted by Gasteiger charge is -2.20. The van der Waals surface area contributed by atoms with Gasteiger partial charge in [-0.1, -0.05) is 13.8 Å². The molecule has 1 aromatic rings. The van der Waals surface area contributed by atoms with Crippen molar-refractivity contribution in [3.8, 4) is 0 Å². The Balaban J connectivity index is 2.81. The standard InChI is InChI=1S/C9H14BrNO/c1-9(2,5-6-11)7-3-4-8(10)12-7/h3-4H,5-6,11H2,1-2H3. The molecule has 0 bridgehead atoms. The molecule has 12 heavy (non-hydrogen) atoms. The highest BCUT2D eigenvalue weighted by Crippen LogP contribution is 2.29. The van der Waals surface area contributed by atoms with Crippen molar-refractivity contribution >= 4 is 15.9 Å². The summed E-state index contributed by atoms with van der Waals surface area (Å²) in [6, 6.07) is 3.90. The minimum Gasteiger partial charge on any atom is -0.454 e. The molecule has 0 radical (unpaired) electrons. The van der Waals surface area contributed by atoms with Gasteiger partial charge in [-0.2, -0.15) is 0 Å². The summed E-state index contributed by atoms with van der Waals surface area (Å²) in [7, 11) is 0. The molecule has 0 saturated heterocycles. The van der Waals surface area contributed by atoms with Gasteiger partial charge in [0.05, 0.1) is 0 Å². The van der Waals surface area contributed by atoms with E-state index in [2.05, 4.69) is 29.8 Å². The quantitative estimate of drug-likeness (QED) is 0.870. The molecule has 0 amide bonds. The molecule has 0 atom stereocenters. The Morgan fingerprint density at radius 3 is 2.58 bits per heavy atom. The van der Waals surface area contributed by atoms with Crippen LogP contribution in [0.4, 0.5) is 0 Å². The van der Waals surface area contributed by atoms with E-state index < -0.39 is 0 Å². The van der Waals surface area contributed by atoms with Gasteiger partial charge in [0.1, 0.15) is 5.76 Å². The molecule has 68 valence electrons. The SMILES string of the molecule is CC(C)(CCN)c1ccc(Br)o1. The smallest absolute Gasteiger partial charge is 0.169 e. The summed E-state index contributed by atoms with van der Waals surface area (Å²) in [5.41, 5.74) is 5.55. The molecule has 1 heterocycles. The number of halogens is 1. The predicted molar refractivity (Wildman–Crippen MR) is 53.1 cm³/mol. The molecule has 3 heteroatoms. The fourth-order valence-electron chi connectivity index (χ4n) is 1.16. The minimum atomic E-state index is 0.0424. The second-order valence-corrected chi connectivity index (χ2v) is 4.31. The molecular weight excluding hydrogens is 218 g/mol. The highest BCUT2D eigenvalue weighted by Gasteiger charge is 2.22. The van der Waals surface area contributed by atoms with Crippen molar-refractivity contribution < 1.29 is 4.42 Å². The van der Waals surface area contributed by atoms with Crippen molar-refractivity contribution in [1.29, 1.82) is 0 Å². The molecule has 0 aliphatic rings. The molecule has 0 unspecified atom stereocenters. The first-order valence-corrected chi connectivity index (χ1v) is 4.81. The van der Waals surface area contributed by atoms with Crippen molar-refractivity contribution in [2.75, 3.05) is 6.54 Å². The summed E-state index contributed by atoms with van der Waals surface area (Å²) in [6.45, 7) is 4.95. The van der Waals surface area contributed by atoms with Gasteiger partial charge >= 0.3 is 0 Å². The van der Waals surface area contributed by atoms with Gasteiger partial charge in [0.25, 0.3) is 0 Å². The van der Waals surface area contributed by atoms with Crippen molar-refractivity contribution in [2.24, 2.45) is 5.73 Å². The van der Waals surface area contributed by atoms with Gasteiger partial charge in [-0.25, -0.2) is 0 Å². The second kappa shape index (κ2) is 3.62. The van der Waals surface area contributed by atoms with Gasteiger partial charge in [0.15, 0.2) is 4.67 Å². The molecule has 2 nitrogen and oxygen atoms in total. The van der Waals surface area contributed by atoms with E-state index >= 15 is 0 Å². The van der Waals surface area contributed by atoms with Crippen LogP contribution in [0.5, 0.6) is 0 Å². The van der Waals surface area contributed by atoms with Crippen molar-refractivity contribution in [3.05, 3.63) is 22.6 Å². The van der Waals surface area contributed by atoms with Crippen LogP contribution in [0.2, 0.25) is 0 Å². The molecular formula is C9H14BrNO. The Kier molecular flexibility index (Phi) is 2.96. The molecule has 2 N–H and O–H groups in total. The topological polar surface area (TPSA) is 39.2 Å². The number of furan rings is 1. The van der Waals surface area contributed by atoms with Gasteiger partial charge in [0.2, 0.25) is 0 Å². The molecule has 0 fully saturated rings. The first-order valence-electron chi connectivity index (χ1n) is 4.02. The van der Waals surface area contributed by atoms with E-state index in [0.29, 0.717) is 6.54 Å². The number of nitrogens with two attached hydrogens (primary N) is 1. The Hall–Kier alpha value is -0.280. The number of hydrogen-bond donors (Lipinski definition) is 1. The Labute approximate surface area is 81.3 Å². The average Bonchev–Trinajstić information content (AvgIpc) is 2.36. The summed E-state index contributed by atoms with van der Waals surface area (Å²) >= 11 is 3.28. The molecule has 1 aromatic heterocycles. The van der Waals surface area contributed by atoms with Crippen LogP contribution in [0.3, 0.4) is 0 Å². The highest BCUT2D eigenvalue weighted by molar-refractivity contribution is 9.10. The maximum Gasteiger partial charge on any atom is 0.169 e. The third-order valence-electron chi connectivity index (χ3n) is 2.01. The summed E-state index contributed by atoms with van der Waals surface area (Å²) in [6.07, 6.45) is 0.937. The molecule has 0 aliphatic heterocycles. The zero-order valence-electron chi connectivity index (χ0n) is 7.43. The van der Waals surface area contributed by atoms with E-state index in [1.54, 1.807) is 0 Å². The monoisotopic (exact) mass is 231 g/mol. The lowest BCUT2D eigenvalue weighted by atomic mass is 9.87. The maximum absolute atomic E-state index is 5.51. The van der Waals surface area contributed by atoms with Crippen molar-refractivity contribution in [2.45, 2.75) is 25.7 Å².